The highest BCUT2D eigenvalue weighted by Crippen LogP contribution is 2.25. The van der Waals surface area contributed by atoms with Crippen molar-refractivity contribution in [2.45, 2.75) is 13.8 Å². The first kappa shape index (κ1) is 13.7. The molecule has 0 saturated heterocycles. The molecule has 2 rings (SSSR count). The van der Waals surface area contributed by atoms with Crippen LogP contribution in [0.1, 0.15) is 22.8 Å². The molecule has 0 aliphatic heterocycles. The lowest BCUT2D eigenvalue weighted by atomic mass is 10.2. The normalized spacial score (nSPS) is 10.5. The first-order valence-electron chi connectivity index (χ1n) is 5.70. The first-order chi connectivity index (χ1) is 9.02. The highest BCUT2D eigenvalue weighted by Gasteiger charge is 2.14. The average molecular weight is 327 g/mol. The van der Waals surface area contributed by atoms with Gasteiger partial charge in [0.15, 0.2) is 0 Å². The van der Waals surface area contributed by atoms with Gasteiger partial charge in [0.25, 0.3) is 0 Å². The van der Waals surface area contributed by atoms with E-state index < -0.39 is 5.97 Å². The number of carbonyl (C=O) groups is 1. The number of aromatic nitrogens is 2. The van der Waals surface area contributed by atoms with Crippen LogP contribution in [0.4, 0.5) is 4.39 Å². The van der Waals surface area contributed by atoms with Gasteiger partial charge in [-0.3, -0.25) is 0 Å². The molecule has 0 spiro atoms. The first-order valence-corrected chi connectivity index (χ1v) is 6.50. The third-order valence-electron chi connectivity index (χ3n) is 2.54. The van der Waals surface area contributed by atoms with Gasteiger partial charge in [0, 0.05) is 10.7 Å². The number of rotatable bonds is 3. The monoisotopic (exact) mass is 326 g/mol. The molecule has 0 aliphatic carbocycles. The molecule has 0 amide bonds. The second kappa shape index (κ2) is 5.52. The summed E-state index contributed by atoms with van der Waals surface area (Å²) < 4.78 is 20.2. The molecule has 0 saturated carbocycles. The van der Waals surface area contributed by atoms with Gasteiger partial charge in [-0.2, -0.15) is 5.10 Å². The third-order valence-corrected chi connectivity index (χ3v) is 3.15. The number of esters is 1. The van der Waals surface area contributed by atoms with E-state index in [1.165, 1.54) is 23.0 Å². The summed E-state index contributed by atoms with van der Waals surface area (Å²) in [5, 5.41) is 4.10. The van der Waals surface area contributed by atoms with Crippen molar-refractivity contribution < 1.29 is 13.9 Å². The van der Waals surface area contributed by atoms with Crippen LogP contribution in [0.15, 0.2) is 29.0 Å². The van der Waals surface area contributed by atoms with Crippen LogP contribution in [-0.4, -0.2) is 22.4 Å². The predicted octanol–water partition coefficient (Wildman–Crippen LogP) is 3.26. The van der Waals surface area contributed by atoms with Crippen LogP contribution < -0.4 is 0 Å². The zero-order chi connectivity index (χ0) is 14.0. The van der Waals surface area contributed by atoms with Crippen LogP contribution in [0.25, 0.3) is 5.69 Å². The van der Waals surface area contributed by atoms with Crippen LogP contribution in [-0.2, 0) is 4.74 Å². The summed E-state index contributed by atoms with van der Waals surface area (Å²) in [5.41, 5.74) is 1.76. The van der Waals surface area contributed by atoms with E-state index in [0.29, 0.717) is 27.9 Å². The maximum Gasteiger partial charge on any atom is 0.341 e. The number of benzene rings is 1. The number of nitrogens with zero attached hydrogens (tertiary/aromatic N) is 2. The fraction of sp³-hybridized carbons (Fsp3) is 0.231. The maximum absolute atomic E-state index is 13.2. The highest BCUT2D eigenvalue weighted by molar-refractivity contribution is 9.10. The van der Waals surface area contributed by atoms with Crippen molar-refractivity contribution in [3.8, 4) is 5.69 Å². The fourth-order valence-electron chi connectivity index (χ4n) is 1.75. The number of carbonyl (C=O) groups excluding carboxylic acids is 1. The van der Waals surface area contributed by atoms with Crippen LogP contribution >= 0.6 is 15.9 Å². The van der Waals surface area contributed by atoms with E-state index in [-0.39, 0.29) is 5.82 Å². The second-order valence-electron chi connectivity index (χ2n) is 3.95. The van der Waals surface area contributed by atoms with Crippen LogP contribution in [0, 0.1) is 12.7 Å². The van der Waals surface area contributed by atoms with E-state index in [9.17, 15) is 9.18 Å². The van der Waals surface area contributed by atoms with Gasteiger partial charge in [0.05, 0.1) is 24.1 Å². The lowest BCUT2D eigenvalue weighted by Gasteiger charge is -2.08. The van der Waals surface area contributed by atoms with Crippen LogP contribution in [0.2, 0.25) is 0 Å². The quantitative estimate of drug-likeness (QED) is 0.813. The van der Waals surface area contributed by atoms with Gasteiger partial charge in [-0.1, -0.05) is 0 Å². The second-order valence-corrected chi connectivity index (χ2v) is 4.80. The summed E-state index contributed by atoms with van der Waals surface area (Å²) in [6.45, 7) is 3.82. The minimum Gasteiger partial charge on any atom is -0.462 e. The topological polar surface area (TPSA) is 44.1 Å². The molecule has 0 atom stereocenters. The van der Waals surface area contributed by atoms with Gasteiger partial charge >= 0.3 is 5.97 Å². The summed E-state index contributed by atoms with van der Waals surface area (Å²) in [7, 11) is 0. The zero-order valence-corrected chi connectivity index (χ0v) is 12.1. The Labute approximate surface area is 118 Å². The largest absolute Gasteiger partial charge is 0.462 e. The van der Waals surface area contributed by atoms with E-state index in [4.69, 9.17) is 4.74 Å². The average Bonchev–Trinajstić information content (AvgIpc) is 2.77. The Morgan fingerprint density at radius 2 is 2.26 bits per heavy atom. The molecule has 1 heterocycles. The molecule has 0 bridgehead atoms. The minimum atomic E-state index is -0.426. The van der Waals surface area contributed by atoms with E-state index in [0.717, 1.165) is 0 Å². The highest BCUT2D eigenvalue weighted by atomic mass is 79.9. The van der Waals surface area contributed by atoms with Crippen molar-refractivity contribution >= 4 is 21.9 Å². The fourth-order valence-corrected chi connectivity index (χ4v) is 2.46. The van der Waals surface area contributed by atoms with Crippen molar-refractivity contribution in [3.05, 3.63) is 45.9 Å². The summed E-state index contributed by atoms with van der Waals surface area (Å²) in [6, 6.07) is 2.76. The molecule has 6 heteroatoms. The Morgan fingerprint density at radius 3 is 2.89 bits per heavy atom. The summed E-state index contributed by atoms with van der Waals surface area (Å²) >= 11 is 3.29. The van der Waals surface area contributed by atoms with E-state index in [1.54, 1.807) is 20.0 Å². The van der Waals surface area contributed by atoms with Crippen LogP contribution in [0.3, 0.4) is 0 Å². The Hall–Kier alpha value is -1.69. The Balaban J connectivity index is 2.41. The molecule has 1 aromatic heterocycles. The van der Waals surface area contributed by atoms with Gasteiger partial charge in [-0.15, -0.1) is 0 Å². The third kappa shape index (κ3) is 2.84. The molecule has 0 radical (unpaired) electrons. The molecule has 0 aliphatic rings. The Bertz CT molecular complexity index is 602. The van der Waals surface area contributed by atoms with Gasteiger partial charge in [-0.05, 0) is 47.5 Å². The van der Waals surface area contributed by atoms with E-state index in [1.807, 2.05) is 0 Å². The number of aryl methyl sites for hydroxylation is 1. The minimum absolute atomic E-state index is 0.309. The van der Waals surface area contributed by atoms with Crippen molar-refractivity contribution in [1.82, 2.24) is 9.78 Å². The summed E-state index contributed by atoms with van der Waals surface area (Å²) in [6.07, 6.45) is 2.98. The molecule has 0 fully saturated rings. The summed E-state index contributed by atoms with van der Waals surface area (Å²) in [5.74, 6) is -0.754. The van der Waals surface area contributed by atoms with Gasteiger partial charge in [0.2, 0.25) is 0 Å². The number of ether oxygens (including phenoxy) is 1. The van der Waals surface area contributed by atoms with Gasteiger partial charge in [0.1, 0.15) is 5.82 Å². The smallest absolute Gasteiger partial charge is 0.341 e. The van der Waals surface area contributed by atoms with Gasteiger partial charge in [-0.25, -0.2) is 13.9 Å². The SMILES string of the molecule is CCOC(=O)c1cnn(-c2c(C)cc(F)cc2Br)c1. The van der Waals surface area contributed by atoms with Crippen LogP contribution in [0.5, 0.6) is 0 Å². The number of hydrogen-bond donors (Lipinski definition) is 0. The lowest BCUT2D eigenvalue weighted by molar-refractivity contribution is 0.0526. The van der Waals surface area contributed by atoms with E-state index in [2.05, 4.69) is 21.0 Å². The predicted molar refractivity (Wildman–Crippen MR) is 71.9 cm³/mol. The number of halogens is 2. The molecule has 100 valence electrons. The van der Waals surface area contributed by atoms with Crippen molar-refractivity contribution in [1.29, 1.82) is 0 Å². The molecule has 2 aromatic rings. The lowest BCUT2D eigenvalue weighted by Crippen LogP contribution is -2.03. The zero-order valence-electron chi connectivity index (χ0n) is 10.5. The number of hydrogen-bond acceptors (Lipinski definition) is 3. The molecule has 0 N–H and O–H groups in total. The maximum atomic E-state index is 13.2. The molecule has 1 aromatic carbocycles. The van der Waals surface area contributed by atoms with Crippen molar-refractivity contribution in [3.63, 3.8) is 0 Å². The molecule has 19 heavy (non-hydrogen) atoms. The Kier molecular flexibility index (Phi) is 3.99. The molecular weight excluding hydrogens is 315 g/mol. The standard InChI is InChI=1S/C13H12BrFN2O2/c1-3-19-13(18)9-6-16-17(7-9)12-8(2)4-10(15)5-11(12)14/h4-7H,3H2,1-2H3. The van der Waals surface area contributed by atoms with E-state index >= 15 is 0 Å². The van der Waals surface area contributed by atoms with Crippen molar-refractivity contribution in [2.24, 2.45) is 0 Å². The molecule has 0 unspecified atom stereocenters. The Morgan fingerprint density at radius 1 is 1.53 bits per heavy atom. The summed E-state index contributed by atoms with van der Waals surface area (Å²) in [4.78, 5) is 11.6. The molecule has 4 nitrogen and oxygen atoms in total. The van der Waals surface area contributed by atoms with Crippen molar-refractivity contribution in [2.75, 3.05) is 6.61 Å². The molecular formula is C13H12BrFN2O2. The van der Waals surface area contributed by atoms with Gasteiger partial charge < -0.3 is 4.74 Å².